The van der Waals surface area contributed by atoms with Gasteiger partial charge in [-0.15, -0.1) is 5.10 Å². The molecular formula is C23H17Cl2N3O2. The van der Waals surface area contributed by atoms with Gasteiger partial charge in [0.2, 0.25) is 0 Å². The Hall–Kier alpha value is -3.02. The normalized spacial score (nSPS) is 15.8. The number of carbonyl (C=O) groups excluding carboxylic acids is 1. The van der Waals surface area contributed by atoms with Gasteiger partial charge in [0, 0.05) is 34.5 Å². The summed E-state index contributed by atoms with van der Waals surface area (Å²) in [6.45, 7) is 0. The van der Waals surface area contributed by atoms with Crippen molar-refractivity contribution in [1.29, 1.82) is 0 Å². The number of carbonyl (C=O) groups is 1. The van der Waals surface area contributed by atoms with Crippen molar-refractivity contribution in [3.05, 3.63) is 94.0 Å². The summed E-state index contributed by atoms with van der Waals surface area (Å²) in [5.41, 5.74) is 3.01. The van der Waals surface area contributed by atoms with Gasteiger partial charge < -0.3 is 9.73 Å². The highest BCUT2D eigenvalue weighted by Crippen LogP contribution is 2.38. The van der Waals surface area contributed by atoms with Crippen molar-refractivity contribution in [2.24, 2.45) is 0 Å². The molecule has 1 aliphatic carbocycles. The molecule has 7 heteroatoms. The highest BCUT2D eigenvalue weighted by atomic mass is 35.5. The lowest BCUT2D eigenvalue weighted by atomic mass is 9.85. The Morgan fingerprint density at radius 1 is 1.00 bits per heavy atom. The predicted molar refractivity (Wildman–Crippen MR) is 117 cm³/mol. The lowest BCUT2D eigenvalue weighted by molar-refractivity contribution is 0.0960. The Morgan fingerprint density at radius 2 is 1.77 bits per heavy atom. The Bertz CT molecular complexity index is 1200. The molecule has 0 amide bonds. The maximum absolute atomic E-state index is 13.2. The van der Waals surface area contributed by atoms with Crippen LogP contribution in [0.25, 0.3) is 5.69 Å². The lowest BCUT2D eigenvalue weighted by Gasteiger charge is -2.21. The largest absolute Gasteiger partial charge is 0.469 e. The van der Waals surface area contributed by atoms with Crippen molar-refractivity contribution in [2.45, 2.75) is 18.8 Å². The molecule has 0 spiro atoms. The second kappa shape index (κ2) is 7.67. The van der Waals surface area contributed by atoms with Gasteiger partial charge in [0.1, 0.15) is 5.76 Å². The van der Waals surface area contributed by atoms with Gasteiger partial charge >= 0.3 is 0 Å². The van der Waals surface area contributed by atoms with Crippen molar-refractivity contribution in [3.8, 4) is 5.69 Å². The number of fused-ring (bicyclic) bond motifs is 1. The van der Waals surface area contributed by atoms with Crippen LogP contribution in [0.4, 0.5) is 11.5 Å². The van der Waals surface area contributed by atoms with Crippen molar-refractivity contribution in [3.63, 3.8) is 0 Å². The van der Waals surface area contributed by atoms with Crippen LogP contribution in [0.1, 0.15) is 34.2 Å². The Labute approximate surface area is 183 Å². The molecule has 0 aliphatic heterocycles. The molecule has 0 radical (unpaired) electrons. The summed E-state index contributed by atoms with van der Waals surface area (Å²) >= 11 is 12.3. The van der Waals surface area contributed by atoms with Gasteiger partial charge in [-0.05, 0) is 42.5 Å². The van der Waals surface area contributed by atoms with E-state index >= 15 is 0 Å². The second-order valence-electron chi connectivity index (χ2n) is 7.24. The molecule has 0 unspecified atom stereocenters. The molecule has 4 aromatic rings. The zero-order valence-electron chi connectivity index (χ0n) is 15.8. The number of nitrogens with zero attached hydrogens (tertiary/aromatic N) is 2. The van der Waals surface area contributed by atoms with E-state index in [0.717, 1.165) is 17.1 Å². The maximum atomic E-state index is 13.2. The van der Waals surface area contributed by atoms with Gasteiger partial charge in [0.25, 0.3) is 0 Å². The minimum Gasteiger partial charge on any atom is -0.469 e. The number of aromatic nitrogens is 2. The van der Waals surface area contributed by atoms with E-state index in [9.17, 15) is 4.79 Å². The Morgan fingerprint density at radius 3 is 2.47 bits per heavy atom. The van der Waals surface area contributed by atoms with E-state index in [1.54, 1.807) is 24.5 Å². The van der Waals surface area contributed by atoms with Gasteiger partial charge in [0.05, 0.1) is 23.2 Å². The summed E-state index contributed by atoms with van der Waals surface area (Å²) in [4.78, 5) is 13.2. The topological polar surface area (TPSA) is 60.1 Å². The summed E-state index contributed by atoms with van der Waals surface area (Å²) in [6, 6.07) is 18.7. The Balaban J connectivity index is 1.62. The molecule has 0 bridgehead atoms. The van der Waals surface area contributed by atoms with E-state index < -0.39 is 0 Å². The molecule has 150 valence electrons. The average molecular weight is 438 g/mol. The number of Topliss-reactive ketones (excluding diaryl/α,β-unsaturated/α-hetero) is 1. The molecular weight excluding hydrogens is 421 g/mol. The van der Waals surface area contributed by atoms with Gasteiger partial charge in [-0.3, -0.25) is 4.79 Å². The molecule has 1 N–H and O–H groups in total. The molecule has 2 aromatic heterocycles. The first kappa shape index (κ1) is 19.0. The van der Waals surface area contributed by atoms with Crippen LogP contribution >= 0.6 is 23.2 Å². The highest BCUT2D eigenvalue weighted by Gasteiger charge is 2.34. The van der Waals surface area contributed by atoms with E-state index in [1.807, 2.05) is 47.1 Å². The van der Waals surface area contributed by atoms with E-state index in [2.05, 4.69) is 5.32 Å². The molecule has 0 saturated heterocycles. The minimum absolute atomic E-state index is 0.0207. The molecule has 1 atom stereocenters. The summed E-state index contributed by atoms with van der Waals surface area (Å²) in [7, 11) is 0. The van der Waals surface area contributed by atoms with Crippen molar-refractivity contribution in [1.82, 2.24) is 9.78 Å². The van der Waals surface area contributed by atoms with E-state index in [4.69, 9.17) is 32.7 Å². The molecule has 0 fully saturated rings. The number of para-hydroxylation sites is 1. The molecule has 2 heterocycles. The third kappa shape index (κ3) is 3.51. The summed E-state index contributed by atoms with van der Waals surface area (Å²) in [5.74, 6) is 1.31. The monoisotopic (exact) mass is 437 g/mol. The fourth-order valence-electron chi connectivity index (χ4n) is 3.92. The highest BCUT2D eigenvalue weighted by molar-refractivity contribution is 6.35. The lowest BCUT2D eigenvalue weighted by Crippen LogP contribution is -2.20. The number of nitrogens with one attached hydrogen (secondary N) is 1. The van der Waals surface area contributed by atoms with E-state index in [-0.39, 0.29) is 11.7 Å². The number of halogens is 2. The molecule has 2 aromatic carbocycles. The first-order valence-electron chi connectivity index (χ1n) is 9.55. The second-order valence-corrected chi connectivity index (χ2v) is 8.12. The van der Waals surface area contributed by atoms with Crippen molar-refractivity contribution >= 4 is 40.5 Å². The number of ketones is 1. The van der Waals surface area contributed by atoms with Crippen LogP contribution in [0.2, 0.25) is 10.0 Å². The van der Waals surface area contributed by atoms with Gasteiger partial charge in [0.15, 0.2) is 11.6 Å². The molecule has 5 nitrogen and oxygen atoms in total. The van der Waals surface area contributed by atoms with Crippen LogP contribution in [0.15, 0.2) is 71.3 Å². The van der Waals surface area contributed by atoms with Crippen LogP contribution in [-0.2, 0) is 6.42 Å². The van der Waals surface area contributed by atoms with E-state index in [0.29, 0.717) is 40.0 Å². The molecule has 0 saturated carbocycles. The Kier molecular flexibility index (Phi) is 4.85. The van der Waals surface area contributed by atoms with Crippen molar-refractivity contribution < 1.29 is 9.21 Å². The zero-order valence-corrected chi connectivity index (χ0v) is 17.3. The van der Waals surface area contributed by atoms with E-state index in [1.165, 1.54) is 0 Å². The third-order valence-corrected chi connectivity index (χ3v) is 5.64. The van der Waals surface area contributed by atoms with Gasteiger partial charge in [-0.2, -0.15) is 0 Å². The minimum atomic E-state index is -0.0207. The van der Waals surface area contributed by atoms with Gasteiger partial charge in [-0.25, -0.2) is 4.68 Å². The van der Waals surface area contributed by atoms with Crippen LogP contribution in [0.5, 0.6) is 0 Å². The number of benzene rings is 2. The number of hydrogen-bond donors (Lipinski definition) is 1. The van der Waals surface area contributed by atoms with Crippen LogP contribution < -0.4 is 5.32 Å². The smallest absolute Gasteiger partial charge is 0.169 e. The maximum Gasteiger partial charge on any atom is 0.169 e. The third-order valence-electron chi connectivity index (χ3n) is 5.20. The van der Waals surface area contributed by atoms with Crippen LogP contribution in [0, 0.1) is 0 Å². The summed E-state index contributed by atoms with van der Waals surface area (Å²) < 4.78 is 7.41. The first-order valence-corrected chi connectivity index (χ1v) is 10.3. The fraction of sp³-hybridized carbons (Fsp3) is 0.130. The van der Waals surface area contributed by atoms with Crippen LogP contribution in [-0.4, -0.2) is 15.6 Å². The zero-order chi connectivity index (χ0) is 20.7. The number of rotatable bonds is 4. The predicted octanol–water partition coefficient (Wildman–Crippen LogP) is 6.43. The SMILES string of the molecule is O=C1C[C@@H](c2ccco2)Cc2c1c(Nc1cc(Cl)cc(Cl)c1)nn2-c1ccccc1. The number of anilines is 2. The average Bonchev–Trinajstić information content (AvgIpc) is 3.37. The molecule has 30 heavy (non-hydrogen) atoms. The van der Waals surface area contributed by atoms with Gasteiger partial charge in [-0.1, -0.05) is 41.4 Å². The summed E-state index contributed by atoms with van der Waals surface area (Å²) in [6.07, 6.45) is 2.65. The first-order chi connectivity index (χ1) is 14.6. The molecule has 5 rings (SSSR count). The van der Waals surface area contributed by atoms with Crippen LogP contribution in [0.3, 0.4) is 0 Å². The molecule has 1 aliphatic rings. The summed E-state index contributed by atoms with van der Waals surface area (Å²) in [5, 5.41) is 9.00. The quantitative estimate of drug-likeness (QED) is 0.399. The number of hydrogen-bond acceptors (Lipinski definition) is 4. The fourth-order valence-corrected chi connectivity index (χ4v) is 4.45. The van der Waals surface area contributed by atoms with Crippen molar-refractivity contribution in [2.75, 3.05) is 5.32 Å². The standard InChI is InChI=1S/C23H17Cl2N3O2/c24-15-11-16(25)13-17(12-15)26-23-22-19(28(27-23)18-5-2-1-3-6-18)9-14(10-20(22)29)21-7-4-8-30-21/h1-8,11-14H,9-10H2,(H,26,27)/t14-/m0/s1. The number of furan rings is 1.